The zero-order valence-corrected chi connectivity index (χ0v) is 26.6. The second-order valence-electron chi connectivity index (χ2n) is 11.3. The number of anilines is 2. The van der Waals surface area contributed by atoms with Crippen molar-refractivity contribution in [1.29, 1.82) is 0 Å². The fraction of sp³-hybridized carbons (Fsp3) is 0.200. The number of carboxylic acids is 1. The number of primary amides is 1. The molecule has 0 saturated carbocycles. The Bertz CT molecular complexity index is 1940. The molecule has 1 aliphatic heterocycles. The first-order valence-electron chi connectivity index (χ1n) is 14.9. The summed E-state index contributed by atoms with van der Waals surface area (Å²) in [6, 6.07) is 23.5. The highest BCUT2D eigenvalue weighted by molar-refractivity contribution is 7.92. The molecule has 13 heteroatoms. The van der Waals surface area contributed by atoms with Crippen LogP contribution in [-0.2, 0) is 29.8 Å². The first-order valence-corrected chi connectivity index (χ1v) is 16.5. The Morgan fingerprint density at radius 2 is 1.54 bits per heavy atom. The van der Waals surface area contributed by atoms with Gasteiger partial charge >= 0.3 is 12.0 Å². The van der Waals surface area contributed by atoms with E-state index >= 15 is 4.39 Å². The van der Waals surface area contributed by atoms with E-state index in [1.165, 1.54) is 77.5 Å². The van der Waals surface area contributed by atoms with Gasteiger partial charge in [0, 0.05) is 36.0 Å². The third-order valence-electron chi connectivity index (χ3n) is 8.63. The van der Waals surface area contributed by atoms with E-state index < -0.39 is 62.9 Å². The average molecular weight is 673 g/mol. The van der Waals surface area contributed by atoms with Gasteiger partial charge in [0.1, 0.15) is 18.1 Å². The number of para-hydroxylation sites is 2. The minimum Gasteiger partial charge on any atom is -0.479 e. The van der Waals surface area contributed by atoms with E-state index in [1.807, 2.05) is 0 Å². The molecule has 1 aliphatic rings. The van der Waals surface area contributed by atoms with Crippen molar-refractivity contribution >= 4 is 45.4 Å². The number of amides is 3. The summed E-state index contributed by atoms with van der Waals surface area (Å²) < 4.78 is 44.8. The maximum Gasteiger partial charge on any atom is 0.334 e. The summed E-state index contributed by atoms with van der Waals surface area (Å²) in [5.74, 6) is -2.96. The predicted octanol–water partition coefficient (Wildman–Crippen LogP) is 4.19. The molecular weight excluding hydrogens is 639 g/mol. The van der Waals surface area contributed by atoms with Crippen molar-refractivity contribution in [2.75, 3.05) is 16.8 Å². The zero-order chi connectivity index (χ0) is 34.6. The zero-order valence-electron chi connectivity index (χ0n) is 25.8. The van der Waals surface area contributed by atoms with Crippen molar-refractivity contribution in [2.45, 2.75) is 40.6 Å². The molecule has 0 spiro atoms. The van der Waals surface area contributed by atoms with E-state index in [2.05, 4.69) is 5.32 Å². The third kappa shape index (κ3) is 6.11. The largest absolute Gasteiger partial charge is 0.479 e. The van der Waals surface area contributed by atoms with Gasteiger partial charge in [0.15, 0.2) is 15.4 Å². The molecular formula is C35H33FN4O7S. The molecule has 1 saturated heterocycles. The maximum absolute atomic E-state index is 15.9. The molecule has 0 aliphatic carbocycles. The molecule has 0 radical (unpaired) electrons. The van der Waals surface area contributed by atoms with Gasteiger partial charge in [0.25, 0.3) is 0 Å². The van der Waals surface area contributed by atoms with Crippen LogP contribution < -0.4 is 20.9 Å². The highest BCUT2D eigenvalue weighted by atomic mass is 32.2. The van der Waals surface area contributed by atoms with Crippen LogP contribution in [0.15, 0.2) is 114 Å². The first kappa shape index (κ1) is 33.8. The van der Waals surface area contributed by atoms with Crippen LogP contribution in [0.3, 0.4) is 0 Å². The lowest BCUT2D eigenvalue weighted by Gasteiger charge is -2.39. The summed E-state index contributed by atoms with van der Waals surface area (Å²) in [7, 11) is -2.77. The third-order valence-corrected chi connectivity index (χ3v) is 10.8. The molecule has 4 unspecified atom stereocenters. The van der Waals surface area contributed by atoms with E-state index in [9.17, 15) is 32.7 Å². The lowest BCUT2D eigenvalue weighted by molar-refractivity contribution is -0.146. The standard InChI is InChI=1S/C35H33FN4O7S/c1-39(23-12-4-2-5-13-23)32(42)29-22-30(48(46,47)24-14-6-3-7-15-24)31(25-16-8-10-18-27(25)36)40(29)28-19-11-9-17-26(28)35(20-21-41,33(43)44)38-34(37)45/h2-19,21,29-31H,20,22H2,1H3,(H,43,44)(H3,37,38,45). The number of aliphatic carboxylic acids is 1. The first-order chi connectivity index (χ1) is 22.9. The number of rotatable bonds is 11. The van der Waals surface area contributed by atoms with Crippen LogP contribution in [-0.4, -0.2) is 56.1 Å². The molecule has 0 aromatic heterocycles. The topological polar surface area (TPSA) is 167 Å². The van der Waals surface area contributed by atoms with Gasteiger partial charge in [-0.1, -0.05) is 72.8 Å². The number of carbonyl (C=O) groups excluding carboxylic acids is 3. The van der Waals surface area contributed by atoms with E-state index in [0.717, 1.165) is 0 Å². The average Bonchev–Trinajstić information content (AvgIpc) is 3.49. The van der Waals surface area contributed by atoms with Gasteiger partial charge in [-0.05, 0) is 42.8 Å². The number of hydrogen-bond donors (Lipinski definition) is 3. The summed E-state index contributed by atoms with van der Waals surface area (Å²) in [6.07, 6.45) is -0.792. The Kier molecular flexibility index (Phi) is 9.62. The quantitative estimate of drug-likeness (QED) is 0.200. The summed E-state index contributed by atoms with van der Waals surface area (Å²) in [6.45, 7) is 0. The smallest absolute Gasteiger partial charge is 0.334 e. The highest BCUT2D eigenvalue weighted by Crippen LogP contribution is 2.49. The molecule has 11 nitrogen and oxygen atoms in total. The number of sulfone groups is 1. The number of benzene rings is 4. The second-order valence-corrected chi connectivity index (χ2v) is 13.5. The molecule has 4 N–H and O–H groups in total. The summed E-state index contributed by atoms with van der Waals surface area (Å²) in [5.41, 5.74) is 3.23. The Labute approximate surface area is 276 Å². The lowest BCUT2D eigenvalue weighted by atomic mass is 9.85. The van der Waals surface area contributed by atoms with Crippen LogP contribution in [0.4, 0.5) is 20.6 Å². The molecule has 1 fully saturated rings. The number of nitrogens with two attached hydrogens (primary N) is 1. The lowest BCUT2D eigenvalue weighted by Crippen LogP contribution is -2.55. The van der Waals surface area contributed by atoms with Crippen LogP contribution in [0.25, 0.3) is 0 Å². The van der Waals surface area contributed by atoms with Crippen molar-refractivity contribution < 1.29 is 37.1 Å². The number of carbonyl (C=O) groups is 4. The van der Waals surface area contributed by atoms with E-state index in [-0.39, 0.29) is 28.1 Å². The van der Waals surface area contributed by atoms with Crippen LogP contribution in [0.2, 0.25) is 0 Å². The fourth-order valence-electron chi connectivity index (χ4n) is 6.40. The van der Waals surface area contributed by atoms with Crippen molar-refractivity contribution in [3.63, 3.8) is 0 Å². The molecule has 1 heterocycles. The van der Waals surface area contributed by atoms with E-state index in [0.29, 0.717) is 12.0 Å². The molecule has 5 rings (SSSR count). The summed E-state index contributed by atoms with van der Waals surface area (Å²) >= 11 is 0. The Balaban J connectivity index is 1.83. The second kappa shape index (κ2) is 13.7. The number of nitrogens with one attached hydrogen (secondary N) is 1. The normalized spacial score (nSPS) is 18.8. The van der Waals surface area contributed by atoms with Gasteiger partial charge in [-0.15, -0.1) is 0 Å². The predicted molar refractivity (Wildman–Crippen MR) is 176 cm³/mol. The number of urea groups is 1. The van der Waals surface area contributed by atoms with Gasteiger partial charge in [-0.25, -0.2) is 22.4 Å². The molecule has 3 amide bonds. The molecule has 4 atom stereocenters. The van der Waals surface area contributed by atoms with Crippen molar-refractivity contribution in [3.8, 4) is 0 Å². The van der Waals surface area contributed by atoms with E-state index in [1.54, 1.807) is 48.5 Å². The molecule has 248 valence electrons. The van der Waals surface area contributed by atoms with Crippen molar-refractivity contribution in [3.05, 3.63) is 126 Å². The maximum atomic E-state index is 15.9. The van der Waals surface area contributed by atoms with Crippen LogP contribution in [0, 0.1) is 5.82 Å². The number of nitrogens with zero attached hydrogens (tertiary/aromatic N) is 2. The van der Waals surface area contributed by atoms with Crippen LogP contribution >= 0.6 is 0 Å². The molecule has 0 bridgehead atoms. The highest BCUT2D eigenvalue weighted by Gasteiger charge is 2.54. The van der Waals surface area contributed by atoms with Crippen molar-refractivity contribution in [1.82, 2.24) is 5.32 Å². The Morgan fingerprint density at radius 3 is 2.15 bits per heavy atom. The van der Waals surface area contributed by atoms with Gasteiger partial charge in [0.2, 0.25) is 5.91 Å². The Hall–Kier alpha value is -5.56. The number of aldehydes is 1. The van der Waals surface area contributed by atoms with Crippen molar-refractivity contribution in [2.24, 2.45) is 5.73 Å². The summed E-state index contributed by atoms with van der Waals surface area (Å²) in [4.78, 5) is 54.3. The van der Waals surface area contributed by atoms with E-state index in [4.69, 9.17) is 5.73 Å². The van der Waals surface area contributed by atoms with Gasteiger partial charge in [0.05, 0.1) is 16.2 Å². The van der Waals surface area contributed by atoms with Crippen LogP contribution in [0.5, 0.6) is 0 Å². The SMILES string of the molecule is CN(C(=O)C1CC(S(=O)(=O)c2ccccc2)C(c2ccccc2F)N1c1ccccc1C(CC=O)(NC(N)=O)C(=O)O)c1ccccc1. The number of carboxylic acid groups (broad SMARTS) is 1. The minimum absolute atomic E-state index is 0.0191. The molecule has 48 heavy (non-hydrogen) atoms. The molecule has 4 aromatic rings. The minimum atomic E-state index is -4.29. The fourth-order valence-corrected chi connectivity index (χ4v) is 8.34. The van der Waals surface area contributed by atoms with Gasteiger partial charge in [-0.3, -0.25) is 4.79 Å². The number of likely N-dealkylation sites (N-methyl/N-ethyl adjacent to an activating group) is 1. The van der Waals surface area contributed by atoms with Crippen LogP contribution in [0.1, 0.15) is 30.0 Å². The monoisotopic (exact) mass is 672 g/mol. The Morgan fingerprint density at radius 1 is 0.958 bits per heavy atom. The molecule has 4 aromatic carbocycles. The van der Waals surface area contributed by atoms with Gasteiger partial charge in [-0.2, -0.15) is 0 Å². The summed E-state index contributed by atoms with van der Waals surface area (Å²) in [5, 5.41) is 11.3. The number of hydrogen-bond acceptors (Lipinski definition) is 7. The number of halogens is 1. The van der Waals surface area contributed by atoms with Gasteiger partial charge < -0.3 is 30.8 Å².